The predicted octanol–water partition coefficient (Wildman–Crippen LogP) is 9.57. The molecule has 4 heteroatoms. The van der Waals surface area contributed by atoms with Crippen LogP contribution in [0.2, 0.25) is 0 Å². The summed E-state index contributed by atoms with van der Waals surface area (Å²) in [6.07, 6.45) is 6.54. The zero-order valence-corrected chi connectivity index (χ0v) is 23.3. The van der Waals surface area contributed by atoms with Crippen LogP contribution < -0.4 is 0 Å². The van der Waals surface area contributed by atoms with Gasteiger partial charge in [-0.25, -0.2) is 4.98 Å². The Morgan fingerprint density at radius 3 is 2.50 bits per heavy atom. The number of fused-ring (bicyclic) bond motifs is 3. The highest BCUT2D eigenvalue weighted by molar-refractivity contribution is 5.99. The first-order chi connectivity index (χ1) is 18.1. The van der Waals surface area contributed by atoms with E-state index in [9.17, 15) is 0 Å². The van der Waals surface area contributed by atoms with E-state index in [1.54, 1.807) is 6.26 Å². The van der Waals surface area contributed by atoms with Crippen molar-refractivity contribution in [2.75, 3.05) is 0 Å². The fourth-order valence-corrected chi connectivity index (χ4v) is 5.55. The largest absolute Gasteiger partial charge is 0.461 e. The van der Waals surface area contributed by atoms with Gasteiger partial charge in [-0.3, -0.25) is 4.98 Å². The molecule has 0 saturated carbocycles. The molecule has 4 nitrogen and oxygen atoms in total. The standard InChI is InChI=1S/C34H34N2O2/c1-19(2)12-30-21(4)25-9-8-22(15-31(25)38-30)27-16-29(36-33-32(27)20(3)18-37-33)23-13-24-17-35-11-10-26(24)28(14-23)34(5,6)7/h8-11,13-19H,12H2,1-7H3. The van der Waals surface area contributed by atoms with Crippen LogP contribution in [0.3, 0.4) is 0 Å². The molecule has 0 fully saturated rings. The first-order valence-corrected chi connectivity index (χ1v) is 13.4. The molecule has 0 N–H and O–H groups in total. The minimum absolute atomic E-state index is 0.0281. The van der Waals surface area contributed by atoms with Gasteiger partial charge in [0.1, 0.15) is 11.3 Å². The molecule has 192 valence electrons. The Bertz CT molecular complexity index is 1830. The summed E-state index contributed by atoms with van der Waals surface area (Å²) in [6, 6.07) is 15.3. The van der Waals surface area contributed by atoms with Crippen molar-refractivity contribution in [2.24, 2.45) is 5.92 Å². The van der Waals surface area contributed by atoms with Gasteiger partial charge < -0.3 is 8.83 Å². The molecule has 0 radical (unpaired) electrons. The van der Waals surface area contributed by atoms with Crippen LogP contribution in [-0.4, -0.2) is 9.97 Å². The molecule has 38 heavy (non-hydrogen) atoms. The van der Waals surface area contributed by atoms with Crippen LogP contribution >= 0.6 is 0 Å². The maximum atomic E-state index is 6.37. The molecule has 0 bridgehead atoms. The number of nitrogens with zero attached hydrogens (tertiary/aromatic N) is 2. The molecule has 6 aromatic rings. The first kappa shape index (κ1) is 24.4. The normalized spacial score (nSPS) is 12.4. The monoisotopic (exact) mass is 502 g/mol. The third kappa shape index (κ3) is 4.09. The molecular formula is C34H34N2O2. The average molecular weight is 503 g/mol. The van der Waals surface area contributed by atoms with Gasteiger partial charge in [-0.15, -0.1) is 0 Å². The van der Waals surface area contributed by atoms with E-state index in [2.05, 4.69) is 95.9 Å². The van der Waals surface area contributed by atoms with Crippen LogP contribution in [-0.2, 0) is 11.8 Å². The minimum Gasteiger partial charge on any atom is -0.461 e. The maximum Gasteiger partial charge on any atom is 0.227 e. The van der Waals surface area contributed by atoms with E-state index in [0.29, 0.717) is 11.6 Å². The van der Waals surface area contributed by atoms with Crippen molar-refractivity contribution in [1.82, 2.24) is 9.97 Å². The lowest BCUT2D eigenvalue weighted by molar-refractivity contribution is 0.496. The van der Waals surface area contributed by atoms with Gasteiger partial charge in [0.2, 0.25) is 5.71 Å². The lowest BCUT2D eigenvalue weighted by Crippen LogP contribution is -2.12. The lowest BCUT2D eigenvalue weighted by atomic mass is 9.82. The summed E-state index contributed by atoms with van der Waals surface area (Å²) in [5.41, 5.74) is 9.26. The summed E-state index contributed by atoms with van der Waals surface area (Å²) < 4.78 is 12.3. The lowest BCUT2D eigenvalue weighted by Gasteiger charge is -2.22. The number of benzene rings is 2. The number of rotatable bonds is 4. The average Bonchev–Trinajstić information content (AvgIpc) is 3.40. The molecule has 0 unspecified atom stereocenters. The highest BCUT2D eigenvalue weighted by atomic mass is 16.3. The Balaban J connectivity index is 1.57. The van der Waals surface area contributed by atoms with Crippen molar-refractivity contribution in [3.8, 4) is 22.4 Å². The second-order valence-corrected chi connectivity index (χ2v) is 12.0. The minimum atomic E-state index is -0.0281. The summed E-state index contributed by atoms with van der Waals surface area (Å²) >= 11 is 0. The molecule has 0 aliphatic heterocycles. The third-order valence-electron chi connectivity index (χ3n) is 7.53. The summed E-state index contributed by atoms with van der Waals surface area (Å²) in [6.45, 7) is 15.4. The Hall–Kier alpha value is -3.92. The summed E-state index contributed by atoms with van der Waals surface area (Å²) in [5.74, 6) is 1.62. The van der Waals surface area contributed by atoms with Gasteiger partial charge in [-0.05, 0) is 88.7 Å². The summed E-state index contributed by atoms with van der Waals surface area (Å²) in [4.78, 5) is 9.38. The van der Waals surface area contributed by atoms with Crippen molar-refractivity contribution < 1.29 is 8.83 Å². The fraction of sp³-hybridized carbons (Fsp3) is 0.294. The van der Waals surface area contributed by atoms with Crippen LogP contribution in [0.1, 0.15) is 57.1 Å². The van der Waals surface area contributed by atoms with Crippen LogP contribution in [0.25, 0.3) is 55.2 Å². The van der Waals surface area contributed by atoms with E-state index in [4.69, 9.17) is 13.8 Å². The predicted molar refractivity (Wildman–Crippen MR) is 157 cm³/mol. The Kier molecular flexibility index (Phi) is 5.68. The van der Waals surface area contributed by atoms with Gasteiger partial charge in [0.15, 0.2) is 0 Å². The molecule has 0 spiro atoms. The van der Waals surface area contributed by atoms with Crippen LogP contribution in [0.4, 0.5) is 0 Å². The molecular weight excluding hydrogens is 468 g/mol. The first-order valence-electron chi connectivity index (χ1n) is 13.4. The molecule has 2 aromatic carbocycles. The molecule has 4 heterocycles. The molecule has 0 atom stereocenters. The van der Waals surface area contributed by atoms with Crippen molar-refractivity contribution in [1.29, 1.82) is 0 Å². The number of aryl methyl sites for hydroxylation is 2. The van der Waals surface area contributed by atoms with Crippen molar-refractivity contribution in [3.63, 3.8) is 0 Å². The van der Waals surface area contributed by atoms with Crippen LogP contribution in [0.15, 0.2) is 70.0 Å². The third-order valence-corrected chi connectivity index (χ3v) is 7.53. The number of furan rings is 2. The van der Waals surface area contributed by atoms with E-state index in [-0.39, 0.29) is 5.41 Å². The number of hydrogen-bond donors (Lipinski definition) is 0. The van der Waals surface area contributed by atoms with E-state index >= 15 is 0 Å². The smallest absolute Gasteiger partial charge is 0.227 e. The zero-order valence-electron chi connectivity index (χ0n) is 23.3. The number of pyridine rings is 2. The van der Waals surface area contributed by atoms with Crippen LogP contribution in [0, 0.1) is 19.8 Å². The molecule has 0 amide bonds. The Labute approximate surface area is 223 Å². The topological polar surface area (TPSA) is 52.1 Å². The quantitative estimate of drug-likeness (QED) is 0.241. The highest BCUT2D eigenvalue weighted by Crippen LogP contribution is 2.39. The van der Waals surface area contributed by atoms with Crippen LogP contribution in [0.5, 0.6) is 0 Å². The van der Waals surface area contributed by atoms with E-state index < -0.39 is 0 Å². The van der Waals surface area contributed by atoms with Gasteiger partial charge in [0.25, 0.3) is 0 Å². The second-order valence-electron chi connectivity index (χ2n) is 12.0. The van der Waals surface area contributed by atoms with E-state index in [1.165, 1.54) is 21.9 Å². The second kappa shape index (κ2) is 8.83. The molecule has 0 aliphatic carbocycles. The van der Waals surface area contributed by atoms with Gasteiger partial charge in [0, 0.05) is 35.2 Å². The fourth-order valence-electron chi connectivity index (χ4n) is 5.55. The molecule has 0 aliphatic rings. The molecule has 4 aromatic heterocycles. The van der Waals surface area contributed by atoms with Crippen molar-refractivity contribution >= 4 is 32.8 Å². The Morgan fingerprint density at radius 2 is 1.74 bits per heavy atom. The summed E-state index contributed by atoms with van der Waals surface area (Å²) in [7, 11) is 0. The highest BCUT2D eigenvalue weighted by Gasteiger charge is 2.21. The van der Waals surface area contributed by atoms with Gasteiger partial charge in [-0.2, -0.15) is 0 Å². The zero-order chi connectivity index (χ0) is 26.8. The van der Waals surface area contributed by atoms with E-state index in [0.717, 1.165) is 56.5 Å². The SMILES string of the molecule is Cc1c(CC(C)C)oc2cc(-c3cc(-c4cc(C(C)(C)C)c5ccncc5c4)nc4occ(C)c34)ccc12. The van der Waals surface area contributed by atoms with Gasteiger partial charge in [0.05, 0.1) is 17.3 Å². The van der Waals surface area contributed by atoms with Gasteiger partial charge >= 0.3 is 0 Å². The van der Waals surface area contributed by atoms with Crippen molar-refractivity contribution in [2.45, 2.75) is 60.3 Å². The molecule has 0 saturated heterocycles. The number of aromatic nitrogens is 2. The number of hydrogen-bond acceptors (Lipinski definition) is 4. The molecule has 6 rings (SSSR count). The van der Waals surface area contributed by atoms with Crippen molar-refractivity contribution in [3.05, 3.63) is 83.6 Å². The van der Waals surface area contributed by atoms with E-state index in [1.807, 2.05) is 12.4 Å². The van der Waals surface area contributed by atoms with Gasteiger partial charge in [-0.1, -0.05) is 46.8 Å². The maximum absolute atomic E-state index is 6.37. The Morgan fingerprint density at radius 1 is 0.921 bits per heavy atom. The summed E-state index contributed by atoms with van der Waals surface area (Å²) in [5, 5.41) is 4.55.